The molecule has 0 spiro atoms. The van der Waals surface area contributed by atoms with Crippen LogP contribution in [0.15, 0.2) is 279 Å². The summed E-state index contributed by atoms with van der Waals surface area (Å²) >= 11 is 0. The van der Waals surface area contributed by atoms with Gasteiger partial charge in [-0.25, -0.2) is 0 Å². The number of hydrogen-bond donors (Lipinski definition) is 0. The summed E-state index contributed by atoms with van der Waals surface area (Å²) in [5, 5.41) is 2.52. The highest BCUT2D eigenvalue weighted by atomic mass is 15.1. The minimum atomic E-state index is -0.539. The summed E-state index contributed by atoms with van der Waals surface area (Å²) in [6, 6.07) is 102. The summed E-state index contributed by atoms with van der Waals surface area (Å²) < 4.78 is 2.39. The van der Waals surface area contributed by atoms with Crippen molar-refractivity contribution >= 4 is 38.9 Å². The number of para-hydroxylation sites is 2. The lowest BCUT2D eigenvalue weighted by Gasteiger charge is -2.35. The molecule has 0 amide bonds. The molecule has 324 valence electrons. The first-order valence-electron chi connectivity index (χ1n) is 23.8. The Morgan fingerprint density at radius 2 is 0.754 bits per heavy atom. The van der Waals surface area contributed by atoms with Gasteiger partial charge in [-0.3, -0.25) is 0 Å². The fourth-order valence-corrected chi connectivity index (χ4v) is 11.2. The van der Waals surface area contributed by atoms with Crippen LogP contribution in [-0.2, 0) is 5.41 Å². The Morgan fingerprint density at radius 1 is 0.275 bits per heavy atom. The molecular formula is C67H46N2. The average molecular weight is 879 g/mol. The van der Waals surface area contributed by atoms with Gasteiger partial charge in [-0.2, -0.15) is 0 Å². The number of rotatable bonds is 9. The maximum atomic E-state index is 2.45. The molecule has 0 unspecified atom stereocenters. The summed E-state index contributed by atoms with van der Waals surface area (Å²) in [4.78, 5) is 2.45. The molecule has 11 aromatic carbocycles. The number of anilines is 3. The van der Waals surface area contributed by atoms with E-state index >= 15 is 0 Å². The molecule has 0 fully saturated rings. The van der Waals surface area contributed by atoms with E-state index in [1.165, 1.54) is 66.3 Å². The van der Waals surface area contributed by atoms with Crippen molar-refractivity contribution in [3.63, 3.8) is 0 Å². The van der Waals surface area contributed by atoms with Gasteiger partial charge in [0.05, 0.1) is 16.4 Å². The van der Waals surface area contributed by atoms with Crippen molar-refractivity contribution in [1.29, 1.82) is 0 Å². The minimum Gasteiger partial charge on any atom is -0.310 e. The van der Waals surface area contributed by atoms with Gasteiger partial charge in [0.1, 0.15) is 0 Å². The highest BCUT2D eigenvalue weighted by molar-refractivity contribution is 6.09. The van der Waals surface area contributed by atoms with Crippen LogP contribution in [0, 0.1) is 0 Å². The number of fused-ring (bicyclic) bond motifs is 6. The molecule has 0 radical (unpaired) electrons. The third-order valence-electron chi connectivity index (χ3n) is 14.2. The quantitative estimate of drug-likeness (QED) is 0.140. The Bertz CT molecular complexity index is 3670. The fourth-order valence-electron chi connectivity index (χ4n) is 11.2. The zero-order valence-electron chi connectivity index (χ0n) is 38.0. The van der Waals surface area contributed by atoms with Crippen LogP contribution in [0.4, 0.5) is 17.1 Å². The van der Waals surface area contributed by atoms with Crippen LogP contribution in [0.1, 0.15) is 22.3 Å². The molecule has 0 saturated heterocycles. The topological polar surface area (TPSA) is 8.17 Å². The van der Waals surface area contributed by atoms with E-state index in [4.69, 9.17) is 0 Å². The summed E-state index contributed by atoms with van der Waals surface area (Å²) in [6.07, 6.45) is 0. The van der Waals surface area contributed by atoms with E-state index in [-0.39, 0.29) is 0 Å². The largest absolute Gasteiger partial charge is 0.310 e. The van der Waals surface area contributed by atoms with E-state index in [9.17, 15) is 0 Å². The monoisotopic (exact) mass is 878 g/mol. The van der Waals surface area contributed by atoms with Crippen molar-refractivity contribution in [2.24, 2.45) is 0 Å². The van der Waals surface area contributed by atoms with Gasteiger partial charge in [0.2, 0.25) is 0 Å². The normalized spacial score (nSPS) is 12.5. The Hall–Kier alpha value is -8.98. The number of hydrogen-bond acceptors (Lipinski definition) is 1. The number of aromatic nitrogens is 1. The zero-order chi connectivity index (χ0) is 45.7. The van der Waals surface area contributed by atoms with Gasteiger partial charge in [0, 0.05) is 33.5 Å². The van der Waals surface area contributed by atoms with Crippen molar-refractivity contribution in [3.8, 4) is 50.2 Å². The van der Waals surface area contributed by atoms with Gasteiger partial charge in [-0.15, -0.1) is 0 Å². The van der Waals surface area contributed by atoms with Crippen LogP contribution in [0.5, 0.6) is 0 Å². The molecule has 0 bridgehead atoms. The first kappa shape index (κ1) is 40.3. The Morgan fingerprint density at radius 3 is 1.36 bits per heavy atom. The second kappa shape index (κ2) is 16.7. The predicted molar refractivity (Wildman–Crippen MR) is 289 cm³/mol. The molecule has 0 N–H and O–H groups in total. The standard InChI is InChI=1S/C67H46N2/c1-4-20-47(21-5-1)51-42-52(48-22-6-2-7-23-48)45-58(44-51)68(55-40-38-49(39-41-55)50-24-18-28-56(43-50)69-65-36-16-12-32-61(65)62-33-13-17-37-66(62)69)57-29-19-27-54(46-57)67(53-25-8-3-9-26-53)63-34-14-10-30-59(63)60-31-11-15-35-64(60)67/h1-46H. The summed E-state index contributed by atoms with van der Waals surface area (Å²) in [5.41, 5.74) is 20.8. The lowest BCUT2D eigenvalue weighted by molar-refractivity contribution is 0.768. The lowest BCUT2D eigenvalue weighted by atomic mass is 9.67. The van der Waals surface area contributed by atoms with Gasteiger partial charge in [-0.05, 0) is 133 Å². The van der Waals surface area contributed by atoms with Crippen molar-refractivity contribution in [1.82, 2.24) is 4.57 Å². The van der Waals surface area contributed by atoms with Crippen LogP contribution < -0.4 is 4.90 Å². The Kier molecular flexibility index (Phi) is 9.77. The molecule has 2 nitrogen and oxygen atoms in total. The molecule has 1 aliphatic rings. The van der Waals surface area contributed by atoms with E-state index < -0.39 is 5.41 Å². The second-order valence-electron chi connectivity index (χ2n) is 18.1. The maximum absolute atomic E-state index is 2.45. The Labute approximate surface area is 403 Å². The molecule has 0 aliphatic heterocycles. The van der Waals surface area contributed by atoms with E-state index in [1.807, 2.05) is 0 Å². The van der Waals surface area contributed by atoms with E-state index in [0.29, 0.717) is 0 Å². The number of benzene rings is 11. The molecule has 1 aliphatic carbocycles. The van der Waals surface area contributed by atoms with Crippen LogP contribution in [-0.4, -0.2) is 4.57 Å². The smallest absolute Gasteiger partial charge is 0.0714 e. The molecule has 2 heteroatoms. The predicted octanol–water partition coefficient (Wildman–Crippen LogP) is 17.6. The first-order valence-corrected chi connectivity index (χ1v) is 23.8. The second-order valence-corrected chi connectivity index (χ2v) is 18.1. The number of nitrogens with zero attached hydrogens (tertiary/aromatic N) is 2. The maximum Gasteiger partial charge on any atom is 0.0714 e. The molecule has 1 aromatic heterocycles. The molecule has 13 rings (SSSR count). The van der Waals surface area contributed by atoms with Gasteiger partial charge in [0.25, 0.3) is 0 Å². The van der Waals surface area contributed by atoms with Gasteiger partial charge >= 0.3 is 0 Å². The molecular weight excluding hydrogens is 833 g/mol. The summed E-state index contributed by atoms with van der Waals surface area (Å²) in [6.45, 7) is 0. The van der Waals surface area contributed by atoms with Crippen molar-refractivity contribution in [2.45, 2.75) is 5.41 Å². The van der Waals surface area contributed by atoms with Gasteiger partial charge in [0.15, 0.2) is 0 Å². The highest BCUT2D eigenvalue weighted by Gasteiger charge is 2.46. The minimum absolute atomic E-state index is 0.539. The van der Waals surface area contributed by atoms with Crippen molar-refractivity contribution in [2.75, 3.05) is 4.90 Å². The molecule has 0 atom stereocenters. The SMILES string of the molecule is c1ccc(-c2cc(-c3ccccc3)cc(N(c3ccc(-c4cccc(-n5c6ccccc6c6ccccc65)c4)cc3)c3cccc(C4(c5ccccc5)c5ccccc5-c5ccccc54)c3)c2)cc1. The lowest BCUT2D eigenvalue weighted by Crippen LogP contribution is -2.28. The van der Waals surface area contributed by atoms with E-state index in [0.717, 1.165) is 45.0 Å². The van der Waals surface area contributed by atoms with Crippen LogP contribution in [0.3, 0.4) is 0 Å². The van der Waals surface area contributed by atoms with E-state index in [2.05, 4.69) is 289 Å². The first-order chi connectivity index (χ1) is 34.2. The van der Waals surface area contributed by atoms with Crippen molar-refractivity contribution < 1.29 is 0 Å². The zero-order valence-corrected chi connectivity index (χ0v) is 38.0. The Balaban J connectivity index is 1.00. The third-order valence-corrected chi connectivity index (χ3v) is 14.2. The van der Waals surface area contributed by atoms with Gasteiger partial charge < -0.3 is 9.47 Å². The van der Waals surface area contributed by atoms with Crippen LogP contribution in [0.2, 0.25) is 0 Å². The molecule has 1 heterocycles. The molecule has 69 heavy (non-hydrogen) atoms. The average Bonchev–Trinajstić information content (AvgIpc) is 3.93. The van der Waals surface area contributed by atoms with E-state index in [1.54, 1.807) is 0 Å². The van der Waals surface area contributed by atoms with Crippen molar-refractivity contribution in [3.05, 3.63) is 301 Å². The fraction of sp³-hybridized carbons (Fsp3) is 0.0149. The van der Waals surface area contributed by atoms with Crippen LogP contribution >= 0.6 is 0 Å². The highest BCUT2D eigenvalue weighted by Crippen LogP contribution is 2.56. The molecule has 0 saturated carbocycles. The summed E-state index contributed by atoms with van der Waals surface area (Å²) in [7, 11) is 0. The molecule has 12 aromatic rings. The van der Waals surface area contributed by atoms with Crippen LogP contribution in [0.25, 0.3) is 72.0 Å². The third kappa shape index (κ3) is 6.72. The van der Waals surface area contributed by atoms with Gasteiger partial charge in [-0.1, -0.05) is 212 Å². The summed E-state index contributed by atoms with van der Waals surface area (Å²) in [5.74, 6) is 0.